The molecule has 0 spiro atoms. The summed E-state index contributed by atoms with van der Waals surface area (Å²) in [4.78, 5) is 16.2. The molecule has 5 nitrogen and oxygen atoms in total. The molecule has 0 fully saturated rings. The highest BCUT2D eigenvalue weighted by Crippen LogP contribution is 2.32. The van der Waals surface area contributed by atoms with Gasteiger partial charge in [0.15, 0.2) is 0 Å². The molecule has 1 heterocycles. The van der Waals surface area contributed by atoms with E-state index in [9.17, 15) is 4.79 Å². The number of benzene rings is 3. The number of hydrogen-bond donors (Lipinski definition) is 1. The Bertz CT molecular complexity index is 1130. The summed E-state index contributed by atoms with van der Waals surface area (Å²) in [5.41, 5.74) is 8.24. The predicted molar refractivity (Wildman–Crippen MR) is 112 cm³/mol. The summed E-state index contributed by atoms with van der Waals surface area (Å²) in [5.74, 6) is 0.492. The molecular formula is C24H20N2O3. The van der Waals surface area contributed by atoms with E-state index in [0.29, 0.717) is 30.2 Å². The zero-order valence-electron chi connectivity index (χ0n) is 15.7. The number of amides is 1. The second-order valence-electron chi connectivity index (χ2n) is 6.57. The van der Waals surface area contributed by atoms with Crippen LogP contribution in [0.2, 0.25) is 0 Å². The molecule has 4 rings (SSSR count). The first-order valence-electron chi connectivity index (χ1n) is 9.28. The van der Waals surface area contributed by atoms with Gasteiger partial charge in [0.1, 0.15) is 35.9 Å². The zero-order chi connectivity index (χ0) is 20.1. The lowest BCUT2D eigenvalue weighted by atomic mass is 10.1. The fraction of sp³-hybridized carbons (Fsp3) is 0.0833. The highest BCUT2D eigenvalue weighted by atomic mass is 16.5. The molecule has 4 aromatic rings. The first kappa shape index (κ1) is 18.5. The summed E-state index contributed by atoms with van der Waals surface area (Å²) in [6.07, 6.45) is 0. The van der Waals surface area contributed by atoms with E-state index in [4.69, 9.17) is 15.2 Å². The second-order valence-corrected chi connectivity index (χ2v) is 6.57. The Morgan fingerprint density at radius 1 is 0.759 bits per heavy atom. The largest absolute Gasteiger partial charge is 0.488 e. The lowest BCUT2D eigenvalue weighted by Gasteiger charge is -2.14. The van der Waals surface area contributed by atoms with E-state index in [-0.39, 0.29) is 5.69 Å². The molecule has 144 valence electrons. The fourth-order valence-electron chi connectivity index (χ4n) is 3.02. The van der Waals surface area contributed by atoms with E-state index in [0.717, 1.165) is 16.5 Å². The average molecular weight is 384 g/mol. The minimum atomic E-state index is -0.616. The van der Waals surface area contributed by atoms with Crippen molar-refractivity contribution in [1.29, 1.82) is 0 Å². The number of fused-ring (bicyclic) bond motifs is 1. The van der Waals surface area contributed by atoms with Gasteiger partial charge in [-0.3, -0.25) is 4.79 Å². The lowest BCUT2D eigenvalue weighted by Crippen LogP contribution is -2.13. The number of para-hydroxylation sites is 1. The van der Waals surface area contributed by atoms with Crippen molar-refractivity contribution < 1.29 is 14.3 Å². The molecule has 0 saturated heterocycles. The van der Waals surface area contributed by atoms with Crippen LogP contribution in [0.15, 0.2) is 84.9 Å². The number of primary amides is 1. The molecule has 0 saturated carbocycles. The maximum Gasteiger partial charge on any atom is 0.267 e. The van der Waals surface area contributed by atoms with Crippen molar-refractivity contribution in [3.63, 3.8) is 0 Å². The molecule has 2 N–H and O–H groups in total. The molecule has 1 amide bonds. The molecule has 0 aliphatic rings. The van der Waals surface area contributed by atoms with E-state index >= 15 is 0 Å². The van der Waals surface area contributed by atoms with Crippen molar-refractivity contribution >= 4 is 16.8 Å². The number of aromatic nitrogens is 1. The smallest absolute Gasteiger partial charge is 0.267 e. The van der Waals surface area contributed by atoms with Crippen LogP contribution in [0.3, 0.4) is 0 Å². The van der Waals surface area contributed by atoms with Crippen LogP contribution in [-0.4, -0.2) is 10.9 Å². The molecular weight excluding hydrogens is 364 g/mol. The van der Waals surface area contributed by atoms with Crippen molar-refractivity contribution in [2.45, 2.75) is 13.2 Å². The predicted octanol–water partition coefficient (Wildman–Crippen LogP) is 4.49. The van der Waals surface area contributed by atoms with Crippen LogP contribution in [0.1, 0.15) is 21.6 Å². The normalized spacial score (nSPS) is 10.6. The van der Waals surface area contributed by atoms with Crippen LogP contribution in [0.4, 0.5) is 0 Å². The number of nitrogens with two attached hydrogens (primary N) is 1. The van der Waals surface area contributed by atoms with E-state index in [2.05, 4.69) is 4.98 Å². The Labute approximate surface area is 168 Å². The van der Waals surface area contributed by atoms with Gasteiger partial charge in [0.05, 0.1) is 0 Å². The molecule has 1 aromatic heterocycles. The molecule has 0 unspecified atom stereocenters. The van der Waals surface area contributed by atoms with E-state index in [1.807, 2.05) is 78.9 Å². The van der Waals surface area contributed by atoms with Gasteiger partial charge in [0.25, 0.3) is 5.91 Å². The summed E-state index contributed by atoms with van der Waals surface area (Å²) in [6, 6.07) is 26.8. The van der Waals surface area contributed by atoms with Crippen molar-refractivity contribution in [1.82, 2.24) is 4.98 Å². The summed E-state index contributed by atoms with van der Waals surface area (Å²) >= 11 is 0. The summed E-state index contributed by atoms with van der Waals surface area (Å²) in [5, 5.41) is 0.761. The highest BCUT2D eigenvalue weighted by Gasteiger charge is 2.14. The summed E-state index contributed by atoms with van der Waals surface area (Å²) < 4.78 is 12.0. The molecule has 0 aliphatic carbocycles. The van der Waals surface area contributed by atoms with Gasteiger partial charge in [-0.1, -0.05) is 66.7 Å². The van der Waals surface area contributed by atoms with Crippen molar-refractivity contribution in [3.05, 3.63) is 102 Å². The number of carbonyl (C=O) groups excluding carboxylic acids is 1. The molecule has 0 aliphatic heterocycles. The Kier molecular flexibility index (Phi) is 5.38. The van der Waals surface area contributed by atoms with Crippen LogP contribution >= 0.6 is 0 Å². The minimum absolute atomic E-state index is 0.135. The molecule has 29 heavy (non-hydrogen) atoms. The summed E-state index contributed by atoms with van der Waals surface area (Å²) in [6.45, 7) is 0.760. The lowest BCUT2D eigenvalue weighted by molar-refractivity contribution is 0.0995. The van der Waals surface area contributed by atoms with Crippen LogP contribution < -0.4 is 15.2 Å². The zero-order valence-corrected chi connectivity index (χ0v) is 15.7. The number of ether oxygens (including phenoxy) is 2. The molecule has 0 bridgehead atoms. The average Bonchev–Trinajstić information content (AvgIpc) is 2.77. The first-order chi connectivity index (χ1) is 14.2. The van der Waals surface area contributed by atoms with Crippen molar-refractivity contribution in [2.24, 2.45) is 5.73 Å². The van der Waals surface area contributed by atoms with Gasteiger partial charge < -0.3 is 15.2 Å². The Balaban J connectivity index is 1.68. The van der Waals surface area contributed by atoms with Gasteiger partial charge in [-0.25, -0.2) is 4.98 Å². The van der Waals surface area contributed by atoms with Gasteiger partial charge >= 0.3 is 0 Å². The van der Waals surface area contributed by atoms with E-state index in [1.165, 1.54) is 0 Å². The maximum absolute atomic E-state index is 11.8. The number of nitrogens with zero attached hydrogens (tertiary/aromatic N) is 1. The van der Waals surface area contributed by atoms with E-state index in [1.54, 1.807) is 6.07 Å². The Hall–Kier alpha value is -3.86. The third-order valence-corrected chi connectivity index (χ3v) is 4.49. The Morgan fingerprint density at radius 3 is 1.93 bits per heavy atom. The SMILES string of the molecule is NC(=O)c1cc(OCc2ccccc2)c2cccc(OCc3ccccc3)c2n1. The van der Waals surface area contributed by atoms with Crippen molar-refractivity contribution in [2.75, 3.05) is 0 Å². The van der Waals surface area contributed by atoms with Gasteiger partial charge in [0, 0.05) is 11.5 Å². The van der Waals surface area contributed by atoms with Gasteiger partial charge in [-0.15, -0.1) is 0 Å². The standard InChI is InChI=1S/C24H20N2O3/c25-24(27)20-14-22(29-16-18-10-5-2-6-11-18)19-12-7-13-21(23(19)26-20)28-15-17-8-3-1-4-9-17/h1-14H,15-16H2,(H2,25,27). The van der Waals surface area contributed by atoms with Crippen LogP contribution in [0.5, 0.6) is 11.5 Å². The molecule has 0 atom stereocenters. The van der Waals surface area contributed by atoms with Gasteiger partial charge in [-0.2, -0.15) is 0 Å². The highest BCUT2D eigenvalue weighted by molar-refractivity contribution is 5.97. The monoisotopic (exact) mass is 384 g/mol. The first-order valence-corrected chi connectivity index (χ1v) is 9.28. The van der Waals surface area contributed by atoms with Crippen LogP contribution in [-0.2, 0) is 13.2 Å². The number of carbonyl (C=O) groups is 1. The quantitative estimate of drug-likeness (QED) is 0.509. The fourth-order valence-corrected chi connectivity index (χ4v) is 3.02. The number of rotatable bonds is 7. The van der Waals surface area contributed by atoms with Crippen LogP contribution in [0.25, 0.3) is 10.9 Å². The van der Waals surface area contributed by atoms with Crippen molar-refractivity contribution in [3.8, 4) is 11.5 Å². The second kappa shape index (κ2) is 8.44. The van der Waals surface area contributed by atoms with Crippen LogP contribution in [0, 0.1) is 0 Å². The van der Waals surface area contributed by atoms with E-state index < -0.39 is 5.91 Å². The van der Waals surface area contributed by atoms with Gasteiger partial charge in [-0.05, 0) is 23.3 Å². The Morgan fingerprint density at radius 2 is 1.34 bits per heavy atom. The molecule has 0 radical (unpaired) electrons. The molecule has 5 heteroatoms. The molecule has 3 aromatic carbocycles. The maximum atomic E-state index is 11.8. The third-order valence-electron chi connectivity index (χ3n) is 4.49. The topological polar surface area (TPSA) is 74.4 Å². The number of pyridine rings is 1. The number of hydrogen-bond acceptors (Lipinski definition) is 4. The minimum Gasteiger partial charge on any atom is -0.488 e. The summed E-state index contributed by atoms with van der Waals surface area (Å²) in [7, 11) is 0. The third kappa shape index (κ3) is 4.35. The van der Waals surface area contributed by atoms with Gasteiger partial charge in [0.2, 0.25) is 0 Å².